The summed E-state index contributed by atoms with van der Waals surface area (Å²) in [6.07, 6.45) is 1.88. The Morgan fingerprint density at radius 3 is 2.52 bits per heavy atom. The van der Waals surface area contributed by atoms with Crippen LogP contribution < -0.4 is 9.64 Å². The van der Waals surface area contributed by atoms with Crippen LogP contribution >= 0.6 is 47.2 Å². The SMILES string of the molecule is COc1ccccc1N1C(=O)/C(=C/c2cc(C)n(-c3ccc(Cl)c(Cl)c3)c2C)SC1=S. The number of ether oxygens (including phenoxy) is 1. The zero-order valence-corrected chi connectivity index (χ0v) is 20.1. The molecule has 0 atom stereocenters. The number of halogens is 2. The molecule has 0 spiro atoms. The molecule has 0 N–H and O–H groups in total. The minimum absolute atomic E-state index is 0.168. The lowest BCUT2D eigenvalue weighted by Gasteiger charge is -2.17. The lowest BCUT2D eigenvalue weighted by atomic mass is 10.2. The topological polar surface area (TPSA) is 34.5 Å². The summed E-state index contributed by atoms with van der Waals surface area (Å²) in [5, 5.41) is 0.999. The summed E-state index contributed by atoms with van der Waals surface area (Å²) >= 11 is 19.1. The Balaban J connectivity index is 1.72. The van der Waals surface area contributed by atoms with Gasteiger partial charge in [-0.25, -0.2) is 0 Å². The Morgan fingerprint density at radius 2 is 1.81 bits per heavy atom. The lowest BCUT2D eigenvalue weighted by Crippen LogP contribution is -2.27. The minimum Gasteiger partial charge on any atom is -0.495 e. The van der Waals surface area contributed by atoms with Crippen LogP contribution in [0.5, 0.6) is 5.75 Å². The maximum Gasteiger partial charge on any atom is 0.270 e. The van der Waals surface area contributed by atoms with E-state index >= 15 is 0 Å². The molecular weight excluding hydrogens is 471 g/mol. The number of benzene rings is 2. The average molecular weight is 489 g/mol. The van der Waals surface area contributed by atoms with Crippen molar-refractivity contribution in [3.8, 4) is 11.4 Å². The number of hydrogen-bond donors (Lipinski definition) is 0. The van der Waals surface area contributed by atoms with Crippen LogP contribution in [-0.2, 0) is 4.79 Å². The summed E-state index contributed by atoms with van der Waals surface area (Å²) in [6, 6.07) is 14.9. The molecule has 1 aliphatic heterocycles. The highest BCUT2D eigenvalue weighted by atomic mass is 35.5. The van der Waals surface area contributed by atoms with Crippen molar-refractivity contribution >= 4 is 69.2 Å². The van der Waals surface area contributed by atoms with Gasteiger partial charge in [-0.1, -0.05) is 59.3 Å². The molecule has 0 radical (unpaired) electrons. The average Bonchev–Trinajstić information content (AvgIpc) is 3.18. The van der Waals surface area contributed by atoms with Crippen molar-refractivity contribution in [3.05, 3.63) is 80.4 Å². The first-order valence-corrected chi connectivity index (χ1v) is 11.3. The number of nitrogens with zero attached hydrogens (tertiary/aromatic N) is 2. The highest BCUT2D eigenvalue weighted by molar-refractivity contribution is 8.27. The molecule has 31 heavy (non-hydrogen) atoms. The molecule has 1 fully saturated rings. The number of carbonyl (C=O) groups excluding carboxylic acids is 1. The number of rotatable bonds is 4. The Hall–Kier alpha value is -2.25. The largest absolute Gasteiger partial charge is 0.495 e. The Morgan fingerprint density at radius 1 is 1.06 bits per heavy atom. The Kier molecular flexibility index (Phi) is 6.17. The van der Waals surface area contributed by atoms with Crippen molar-refractivity contribution in [2.75, 3.05) is 12.0 Å². The smallest absolute Gasteiger partial charge is 0.270 e. The molecule has 1 amide bonds. The molecule has 0 aliphatic carbocycles. The fraction of sp³-hybridized carbons (Fsp3) is 0.130. The van der Waals surface area contributed by atoms with E-state index in [1.165, 1.54) is 16.7 Å². The van der Waals surface area contributed by atoms with Gasteiger partial charge in [0.05, 0.1) is 27.7 Å². The standard InChI is InChI=1S/C23H18Cl2N2O2S2/c1-13-10-15(14(2)26(13)16-8-9-17(24)18(25)12-16)11-21-22(28)27(23(30)31-21)19-6-4-5-7-20(19)29-3/h4-12H,1-3H3/b21-11-. The Bertz CT molecular complexity index is 1250. The van der Waals surface area contributed by atoms with E-state index in [1.807, 2.05) is 62.4 Å². The molecule has 0 unspecified atom stereocenters. The van der Waals surface area contributed by atoms with E-state index in [2.05, 4.69) is 4.57 Å². The second kappa shape index (κ2) is 8.71. The molecule has 1 aliphatic rings. The molecule has 1 aromatic heterocycles. The predicted octanol–water partition coefficient (Wildman–Crippen LogP) is 6.82. The number of amides is 1. The number of para-hydroxylation sites is 2. The predicted molar refractivity (Wildman–Crippen MR) is 134 cm³/mol. The zero-order chi connectivity index (χ0) is 22.3. The van der Waals surface area contributed by atoms with Gasteiger partial charge in [0.15, 0.2) is 4.32 Å². The molecule has 1 saturated heterocycles. The first kappa shape index (κ1) is 22.0. The number of aryl methyl sites for hydroxylation is 1. The van der Waals surface area contributed by atoms with Gasteiger partial charge >= 0.3 is 0 Å². The molecule has 4 nitrogen and oxygen atoms in total. The number of methoxy groups -OCH3 is 1. The van der Waals surface area contributed by atoms with Crippen LogP contribution in [0.4, 0.5) is 5.69 Å². The van der Waals surface area contributed by atoms with E-state index < -0.39 is 0 Å². The summed E-state index contributed by atoms with van der Waals surface area (Å²) in [4.78, 5) is 15.3. The number of aromatic nitrogens is 1. The minimum atomic E-state index is -0.168. The van der Waals surface area contributed by atoms with Crippen LogP contribution in [-0.4, -0.2) is 21.9 Å². The van der Waals surface area contributed by atoms with E-state index in [4.69, 9.17) is 40.2 Å². The first-order chi connectivity index (χ1) is 14.8. The van der Waals surface area contributed by atoms with Crippen molar-refractivity contribution in [3.63, 3.8) is 0 Å². The second-order valence-corrected chi connectivity index (χ2v) is 9.44. The summed E-state index contributed by atoms with van der Waals surface area (Å²) in [7, 11) is 1.57. The van der Waals surface area contributed by atoms with Gasteiger partial charge < -0.3 is 9.30 Å². The van der Waals surface area contributed by atoms with Gasteiger partial charge in [-0.2, -0.15) is 0 Å². The molecule has 0 saturated carbocycles. The van der Waals surface area contributed by atoms with E-state index in [0.29, 0.717) is 30.7 Å². The monoisotopic (exact) mass is 488 g/mol. The number of thioether (sulfide) groups is 1. The lowest BCUT2D eigenvalue weighted by molar-refractivity contribution is -0.113. The fourth-order valence-electron chi connectivity index (χ4n) is 3.59. The summed E-state index contributed by atoms with van der Waals surface area (Å²) < 4.78 is 7.96. The van der Waals surface area contributed by atoms with Crippen LogP contribution in [0.2, 0.25) is 10.0 Å². The van der Waals surface area contributed by atoms with E-state index in [1.54, 1.807) is 13.2 Å². The van der Waals surface area contributed by atoms with Gasteiger partial charge in [0.25, 0.3) is 5.91 Å². The van der Waals surface area contributed by atoms with Crippen molar-refractivity contribution in [2.24, 2.45) is 0 Å². The van der Waals surface area contributed by atoms with Crippen LogP contribution in [0.25, 0.3) is 11.8 Å². The number of thiocarbonyl (C=S) groups is 1. The molecule has 0 bridgehead atoms. The van der Waals surface area contributed by atoms with Crippen LogP contribution in [0.15, 0.2) is 53.4 Å². The maximum atomic E-state index is 13.2. The second-order valence-electron chi connectivity index (χ2n) is 6.95. The van der Waals surface area contributed by atoms with Gasteiger partial charge in [-0.3, -0.25) is 9.69 Å². The van der Waals surface area contributed by atoms with Crippen LogP contribution in [0.3, 0.4) is 0 Å². The number of anilines is 1. The normalized spacial score (nSPS) is 15.3. The van der Waals surface area contributed by atoms with Gasteiger partial charge in [0.2, 0.25) is 0 Å². The molecule has 2 aromatic carbocycles. The molecule has 2 heterocycles. The highest BCUT2D eigenvalue weighted by Crippen LogP contribution is 2.40. The summed E-state index contributed by atoms with van der Waals surface area (Å²) in [5.74, 6) is 0.427. The van der Waals surface area contributed by atoms with Gasteiger partial charge in [0, 0.05) is 17.1 Å². The Labute approximate surface area is 200 Å². The number of carbonyl (C=O) groups is 1. The summed E-state index contributed by atoms with van der Waals surface area (Å²) in [6.45, 7) is 4.01. The van der Waals surface area contributed by atoms with Crippen LogP contribution in [0.1, 0.15) is 17.0 Å². The van der Waals surface area contributed by atoms with Gasteiger partial charge in [0.1, 0.15) is 5.75 Å². The molecule has 8 heteroatoms. The van der Waals surface area contributed by atoms with E-state index in [-0.39, 0.29) is 5.91 Å². The zero-order valence-electron chi connectivity index (χ0n) is 17.0. The van der Waals surface area contributed by atoms with Crippen molar-refractivity contribution < 1.29 is 9.53 Å². The van der Waals surface area contributed by atoms with Crippen molar-refractivity contribution in [1.29, 1.82) is 0 Å². The third kappa shape index (κ3) is 4.01. The third-order valence-electron chi connectivity index (χ3n) is 5.04. The van der Waals surface area contributed by atoms with E-state index in [9.17, 15) is 4.79 Å². The quantitative estimate of drug-likeness (QED) is 0.298. The van der Waals surface area contributed by atoms with Gasteiger partial charge in [-0.15, -0.1) is 0 Å². The first-order valence-electron chi connectivity index (χ1n) is 9.37. The molecule has 3 aromatic rings. The fourth-order valence-corrected chi connectivity index (χ4v) is 5.15. The summed E-state index contributed by atoms with van der Waals surface area (Å²) in [5.41, 5.74) is 4.48. The van der Waals surface area contributed by atoms with E-state index in [0.717, 1.165) is 22.6 Å². The van der Waals surface area contributed by atoms with Crippen LogP contribution in [0, 0.1) is 13.8 Å². The molecular formula is C23H18Cl2N2O2S2. The van der Waals surface area contributed by atoms with Crippen molar-refractivity contribution in [2.45, 2.75) is 13.8 Å². The maximum absolute atomic E-state index is 13.2. The van der Waals surface area contributed by atoms with Gasteiger partial charge in [-0.05, 0) is 61.9 Å². The molecule has 4 rings (SSSR count). The third-order valence-corrected chi connectivity index (χ3v) is 7.08. The highest BCUT2D eigenvalue weighted by Gasteiger charge is 2.35. The van der Waals surface area contributed by atoms with Crippen molar-refractivity contribution in [1.82, 2.24) is 4.57 Å². The molecule has 158 valence electrons. The number of hydrogen-bond acceptors (Lipinski definition) is 4.